The summed E-state index contributed by atoms with van der Waals surface area (Å²) in [5.41, 5.74) is 0.431. The van der Waals surface area contributed by atoms with Gasteiger partial charge in [0.1, 0.15) is 11.5 Å². The SMILES string of the molecule is CCCCCCCCCC(CCC)CC(C)CC(O)c1cc(O)ccc1O. The Morgan fingerprint density at radius 1 is 0.815 bits per heavy atom. The van der Waals surface area contributed by atoms with Crippen LogP contribution >= 0.6 is 0 Å². The van der Waals surface area contributed by atoms with Gasteiger partial charge in [0.25, 0.3) is 0 Å². The van der Waals surface area contributed by atoms with Crippen molar-refractivity contribution >= 4 is 0 Å². The van der Waals surface area contributed by atoms with E-state index < -0.39 is 6.10 Å². The number of aromatic hydroxyl groups is 2. The van der Waals surface area contributed by atoms with Crippen LogP contribution in [0.4, 0.5) is 0 Å². The van der Waals surface area contributed by atoms with Gasteiger partial charge in [-0.25, -0.2) is 0 Å². The molecule has 0 radical (unpaired) electrons. The Labute approximate surface area is 166 Å². The van der Waals surface area contributed by atoms with Gasteiger partial charge in [0, 0.05) is 5.56 Å². The summed E-state index contributed by atoms with van der Waals surface area (Å²) in [6, 6.07) is 4.35. The predicted molar refractivity (Wildman–Crippen MR) is 114 cm³/mol. The van der Waals surface area contributed by atoms with E-state index in [2.05, 4.69) is 20.8 Å². The van der Waals surface area contributed by atoms with E-state index >= 15 is 0 Å². The summed E-state index contributed by atoms with van der Waals surface area (Å²) in [6.45, 7) is 6.70. The van der Waals surface area contributed by atoms with Gasteiger partial charge < -0.3 is 15.3 Å². The quantitative estimate of drug-likeness (QED) is 0.225. The molecule has 0 saturated heterocycles. The van der Waals surface area contributed by atoms with Crippen molar-refractivity contribution in [2.45, 2.75) is 104 Å². The maximum absolute atomic E-state index is 10.5. The number of aliphatic hydroxyl groups excluding tert-OH is 1. The van der Waals surface area contributed by atoms with Crippen molar-refractivity contribution in [1.29, 1.82) is 0 Å². The smallest absolute Gasteiger partial charge is 0.121 e. The fourth-order valence-corrected chi connectivity index (χ4v) is 4.16. The highest BCUT2D eigenvalue weighted by Crippen LogP contribution is 2.34. The molecule has 0 aromatic heterocycles. The van der Waals surface area contributed by atoms with Gasteiger partial charge in [-0.1, -0.05) is 85.0 Å². The molecule has 1 aromatic carbocycles. The molecule has 3 unspecified atom stereocenters. The summed E-state index contributed by atoms with van der Waals surface area (Å²) in [5.74, 6) is 1.26. The number of benzene rings is 1. The van der Waals surface area contributed by atoms with Crippen molar-refractivity contribution < 1.29 is 15.3 Å². The van der Waals surface area contributed by atoms with Crippen LogP contribution in [0.1, 0.15) is 109 Å². The zero-order valence-corrected chi connectivity index (χ0v) is 17.8. The molecule has 0 amide bonds. The largest absolute Gasteiger partial charge is 0.508 e. The van der Waals surface area contributed by atoms with E-state index in [1.807, 2.05) is 0 Å². The summed E-state index contributed by atoms with van der Waals surface area (Å²) >= 11 is 0. The van der Waals surface area contributed by atoms with Crippen molar-refractivity contribution in [2.24, 2.45) is 11.8 Å². The minimum atomic E-state index is -0.729. The molecule has 156 valence electrons. The minimum absolute atomic E-state index is 0.0562. The Kier molecular flexibility index (Phi) is 12.2. The molecule has 0 heterocycles. The lowest BCUT2D eigenvalue weighted by Crippen LogP contribution is -2.11. The first-order valence-corrected chi connectivity index (χ1v) is 11.2. The Morgan fingerprint density at radius 3 is 2.15 bits per heavy atom. The molecule has 0 aliphatic carbocycles. The van der Waals surface area contributed by atoms with Crippen LogP contribution in [0.25, 0.3) is 0 Å². The molecule has 3 heteroatoms. The first kappa shape index (κ1) is 23.8. The van der Waals surface area contributed by atoms with Crippen LogP contribution in [0.2, 0.25) is 0 Å². The van der Waals surface area contributed by atoms with Crippen LogP contribution < -0.4 is 0 Å². The zero-order valence-electron chi connectivity index (χ0n) is 17.8. The van der Waals surface area contributed by atoms with Crippen LogP contribution in [-0.2, 0) is 0 Å². The third-order valence-corrected chi connectivity index (χ3v) is 5.64. The molecule has 0 fully saturated rings. The first-order valence-electron chi connectivity index (χ1n) is 11.2. The molecular weight excluding hydrogens is 336 g/mol. The molecule has 1 rings (SSSR count). The summed E-state index contributed by atoms with van der Waals surface area (Å²) < 4.78 is 0. The second-order valence-corrected chi connectivity index (χ2v) is 8.40. The fraction of sp³-hybridized carbons (Fsp3) is 0.750. The van der Waals surface area contributed by atoms with Gasteiger partial charge in [0.2, 0.25) is 0 Å². The van der Waals surface area contributed by atoms with Crippen molar-refractivity contribution in [2.75, 3.05) is 0 Å². The number of rotatable bonds is 15. The van der Waals surface area contributed by atoms with Crippen molar-refractivity contribution in [1.82, 2.24) is 0 Å². The van der Waals surface area contributed by atoms with Gasteiger partial charge in [-0.15, -0.1) is 0 Å². The molecule has 3 atom stereocenters. The van der Waals surface area contributed by atoms with E-state index in [4.69, 9.17) is 0 Å². The molecule has 1 aromatic rings. The number of aliphatic hydroxyl groups is 1. The van der Waals surface area contributed by atoms with Gasteiger partial charge >= 0.3 is 0 Å². The van der Waals surface area contributed by atoms with E-state index in [-0.39, 0.29) is 11.5 Å². The van der Waals surface area contributed by atoms with Crippen LogP contribution in [0.3, 0.4) is 0 Å². The minimum Gasteiger partial charge on any atom is -0.508 e. The molecule has 3 nitrogen and oxygen atoms in total. The number of phenolic OH excluding ortho intramolecular Hbond substituents is 2. The maximum atomic E-state index is 10.5. The van der Waals surface area contributed by atoms with Gasteiger partial charge in [-0.3, -0.25) is 0 Å². The van der Waals surface area contributed by atoms with Gasteiger partial charge in [-0.2, -0.15) is 0 Å². The van der Waals surface area contributed by atoms with Crippen LogP contribution in [0.5, 0.6) is 11.5 Å². The molecule has 3 N–H and O–H groups in total. The Morgan fingerprint density at radius 2 is 1.48 bits per heavy atom. The Bertz CT molecular complexity index is 500. The second kappa shape index (κ2) is 13.9. The number of unbranched alkanes of at least 4 members (excludes halogenated alkanes) is 6. The highest BCUT2D eigenvalue weighted by atomic mass is 16.3. The molecular formula is C24H42O3. The summed E-state index contributed by atoms with van der Waals surface area (Å²) in [5, 5.41) is 30.0. The summed E-state index contributed by atoms with van der Waals surface area (Å²) in [6.07, 6.45) is 14.2. The molecule has 0 saturated carbocycles. The average Bonchev–Trinajstić information content (AvgIpc) is 2.62. The number of hydrogen-bond acceptors (Lipinski definition) is 3. The number of hydrogen-bond donors (Lipinski definition) is 3. The number of phenols is 2. The Balaban J connectivity index is 2.38. The highest BCUT2D eigenvalue weighted by Gasteiger charge is 2.19. The van der Waals surface area contributed by atoms with Crippen LogP contribution in [-0.4, -0.2) is 15.3 Å². The van der Waals surface area contributed by atoms with Gasteiger partial charge in [0.05, 0.1) is 6.10 Å². The lowest BCUT2D eigenvalue weighted by Gasteiger charge is -2.23. The monoisotopic (exact) mass is 378 g/mol. The summed E-state index contributed by atoms with van der Waals surface area (Å²) in [4.78, 5) is 0. The van der Waals surface area contributed by atoms with Crippen LogP contribution in [0.15, 0.2) is 18.2 Å². The predicted octanol–water partition coefficient (Wildman–Crippen LogP) is 7.10. The summed E-state index contributed by atoms with van der Waals surface area (Å²) in [7, 11) is 0. The first-order chi connectivity index (χ1) is 13.0. The lowest BCUT2D eigenvalue weighted by molar-refractivity contribution is 0.135. The molecule has 0 aliphatic heterocycles. The Hall–Kier alpha value is -1.22. The zero-order chi connectivity index (χ0) is 20.1. The normalized spacial score (nSPS) is 14.8. The van der Waals surface area contributed by atoms with Crippen molar-refractivity contribution in [3.8, 4) is 11.5 Å². The topological polar surface area (TPSA) is 60.7 Å². The maximum Gasteiger partial charge on any atom is 0.121 e. The van der Waals surface area contributed by atoms with E-state index in [0.717, 1.165) is 12.3 Å². The molecule has 0 aliphatic rings. The fourth-order valence-electron chi connectivity index (χ4n) is 4.16. The third kappa shape index (κ3) is 10.0. The van der Waals surface area contributed by atoms with Gasteiger partial charge in [0.15, 0.2) is 0 Å². The van der Waals surface area contributed by atoms with Crippen molar-refractivity contribution in [3.63, 3.8) is 0 Å². The molecule has 27 heavy (non-hydrogen) atoms. The van der Waals surface area contributed by atoms with E-state index in [0.29, 0.717) is 17.9 Å². The lowest BCUT2D eigenvalue weighted by atomic mass is 9.84. The average molecular weight is 379 g/mol. The van der Waals surface area contributed by atoms with E-state index in [1.165, 1.54) is 82.4 Å². The highest BCUT2D eigenvalue weighted by molar-refractivity contribution is 5.39. The molecule has 0 bridgehead atoms. The standard InChI is InChI=1S/C24H42O3/c1-4-6-7-8-9-10-11-13-20(12-5-2)16-19(3)17-24(27)22-18-21(25)14-15-23(22)26/h14-15,18-20,24-27H,4-13,16-17H2,1-3H3. The van der Waals surface area contributed by atoms with Crippen LogP contribution in [0, 0.1) is 11.8 Å². The second-order valence-electron chi connectivity index (χ2n) is 8.40. The van der Waals surface area contributed by atoms with E-state index in [9.17, 15) is 15.3 Å². The van der Waals surface area contributed by atoms with Gasteiger partial charge in [-0.05, 0) is 42.9 Å². The third-order valence-electron chi connectivity index (χ3n) is 5.64. The van der Waals surface area contributed by atoms with Crippen molar-refractivity contribution in [3.05, 3.63) is 23.8 Å². The molecule has 0 spiro atoms. The van der Waals surface area contributed by atoms with E-state index in [1.54, 1.807) is 0 Å².